The zero-order valence-corrected chi connectivity index (χ0v) is 20.2. The van der Waals surface area contributed by atoms with Gasteiger partial charge >= 0.3 is 0 Å². The number of pyridine rings is 2. The van der Waals surface area contributed by atoms with Crippen LogP contribution in [0.1, 0.15) is 21.7 Å². The van der Waals surface area contributed by atoms with Crippen molar-refractivity contribution in [2.75, 3.05) is 31.8 Å². The summed E-state index contributed by atoms with van der Waals surface area (Å²) >= 11 is 0. The number of nitrogens with zero attached hydrogens (tertiary/aromatic N) is 3. The third-order valence-electron chi connectivity index (χ3n) is 5.86. The Bertz CT molecular complexity index is 1410. The number of aryl methyl sites for hydroxylation is 1. The number of benzene rings is 1. The SMILES string of the molecule is Cc1ccc(Oc2ccnc(C(=O)N[C@@H]3COc4ccc(C#CC5(O)COC5)cc4N(C)C3=O)c2)cn1. The summed E-state index contributed by atoms with van der Waals surface area (Å²) in [6.45, 7) is 2.15. The van der Waals surface area contributed by atoms with Crippen molar-refractivity contribution in [2.45, 2.75) is 18.6 Å². The van der Waals surface area contributed by atoms with E-state index in [1.54, 1.807) is 43.6 Å². The van der Waals surface area contributed by atoms with E-state index in [0.29, 0.717) is 28.5 Å². The lowest BCUT2D eigenvalue weighted by atomic mass is 10.0. The molecular formula is C27H24N4O6. The molecule has 0 saturated carbocycles. The molecule has 4 heterocycles. The Kier molecular flexibility index (Phi) is 6.48. The fraction of sp³-hybridized carbons (Fsp3) is 0.259. The molecule has 0 radical (unpaired) electrons. The molecule has 5 rings (SSSR count). The summed E-state index contributed by atoms with van der Waals surface area (Å²) in [5, 5.41) is 12.8. The van der Waals surface area contributed by atoms with Gasteiger partial charge in [0.2, 0.25) is 0 Å². The molecule has 0 spiro atoms. The second-order valence-electron chi connectivity index (χ2n) is 8.81. The molecule has 188 valence electrons. The maximum Gasteiger partial charge on any atom is 0.270 e. The average Bonchev–Trinajstić information content (AvgIpc) is 3.00. The van der Waals surface area contributed by atoms with Gasteiger partial charge in [-0.15, -0.1) is 0 Å². The number of fused-ring (bicyclic) bond motifs is 1. The van der Waals surface area contributed by atoms with Crippen molar-refractivity contribution in [3.63, 3.8) is 0 Å². The van der Waals surface area contributed by atoms with Crippen LogP contribution in [-0.4, -0.2) is 65.4 Å². The molecule has 1 fully saturated rings. The van der Waals surface area contributed by atoms with Gasteiger partial charge in [-0.3, -0.25) is 19.6 Å². The van der Waals surface area contributed by atoms with Gasteiger partial charge in [-0.05, 0) is 43.3 Å². The number of aliphatic hydroxyl groups is 1. The van der Waals surface area contributed by atoms with Crippen molar-refractivity contribution < 1.29 is 28.9 Å². The van der Waals surface area contributed by atoms with E-state index in [1.807, 2.05) is 13.0 Å². The highest BCUT2D eigenvalue weighted by molar-refractivity contribution is 6.03. The first kappa shape index (κ1) is 24.2. The minimum absolute atomic E-state index is 0.0603. The molecule has 0 bridgehead atoms. The highest BCUT2D eigenvalue weighted by Crippen LogP contribution is 2.32. The first-order chi connectivity index (χ1) is 17.8. The summed E-state index contributed by atoms with van der Waals surface area (Å²) in [6.07, 6.45) is 3.04. The number of rotatable bonds is 4. The van der Waals surface area contributed by atoms with E-state index in [4.69, 9.17) is 14.2 Å². The molecular weight excluding hydrogens is 476 g/mol. The minimum atomic E-state index is -1.15. The molecule has 10 heteroatoms. The predicted molar refractivity (Wildman–Crippen MR) is 133 cm³/mol. The van der Waals surface area contributed by atoms with Crippen LogP contribution in [0.2, 0.25) is 0 Å². The number of ether oxygens (including phenoxy) is 3. The van der Waals surface area contributed by atoms with Crippen molar-refractivity contribution >= 4 is 17.5 Å². The Balaban J connectivity index is 1.28. The molecule has 0 unspecified atom stereocenters. The van der Waals surface area contributed by atoms with Crippen LogP contribution in [0.5, 0.6) is 17.2 Å². The van der Waals surface area contributed by atoms with Gasteiger partial charge in [0.05, 0.1) is 25.1 Å². The Hall–Kier alpha value is -4.46. The third-order valence-corrected chi connectivity index (χ3v) is 5.86. The number of carbonyl (C=O) groups is 2. The molecule has 2 N–H and O–H groups in total. The maximum absolute atomic E-state index is 13.2. The van der Waals surface area contributed by atoms with Gasteiger partial charge in [-0.1, -0.05) is 11.8 Å². The van der Waals surface area contributed by atoms with Crippen LogP contribution in [0.4, 0.5) is 5.69 Å². The molecule has 1 saturated heterocycles. The summed E-state index contributed by atoms with van der Waals surface area (Å²) in [7, 11) is 1.60. The maximum atomic E-state index is 13.2. The summed E-state index contributed by atoms with van der Waals surface area (Å²) in [5.41, 5.74) is 0.912. The Morgan fingerprint density at radius 2 is 2.03 bits per heavy atom. The van der Waals surface area contributed by atoms with Crippen LogP contribution >= 0.6 is 0 Å². The van der Waals surface area contributed by atoms with Gasteiger partial charge in [-0.2, -0.15) is 0 Å². The van der Waals surface area contributed by atoms with Crippen LogP contribution in [0.15, 0.2) is 54.9 Å². The van der Waals surface area contributed by atoms with Crippen molar-refractivity contribution in [1.29, 1.82) is 0 Å². The lowest BCUT2D eigenvalue weighted by Crippen LogP contribution is -2.49. The Labute approximate surface area is 213 Å². The van der Waals surface area contributed by atoms with Crippen LogP contribution in [-0.2, 0) is 9.53 Å². The van der Waals surface area contributed by atoms with Crippen molar-refractivity contribution in [1.82, 2.24) is 15.3 Å². The van der Waals surface area contributed by atoms with E-state index >= 15 is 0 Å². The van der Waals surface area contributed by atoms with Crippen molar-refractivity contribution in [3.8, 4) is 29.1 Å². The van der Waals surface area contributed by atoms with E-state index in [0.717, 1.165) is 5.69 Å². The summed E-state index contributed by atoms with van der Waals surface area (Å²) in [6, 6.07) is 10.9. The fourth-order valence-corrected chi connectivity index (χ4v) is 3.72. The number of hydrogen-bond donors (Lipinski definition) is 2. The molecule has 0 aliphatic carbocycles. The van der Waals surface area contributed by atoms with Crippen LogP contribution in [0, 0.1) is 18.8 Å². The van der Waals surface area contributed by atoms with Crippen LogP contribution < -0.4 is 19.7 Å². The number of amides is 2. The largest absolute Gasteiger partial charge is 0.489 e. The topological polar surface area (TPSA) is 123 Å². The number of nitrogens with one attached hydrogen (secondary N) is 1. The monoisotopic (exact) mass is 500 g/mol. The first-order valence-electron chi connectivity index (χ1n) is 11.5. The normalized spacial score (nSPS) is 17.8. The molecule has 37 heavy (non-hydrogen) atoms. The lowest BCUT2D eigenvalue weighted by molar-refractivity contribution is -0.140. The van der Waals surface area contributed by atoms with E-state index in [-0.39, 0.29) is 31.4 Å². The smallest absolute Gasteiger partial charge is 0.270 e. The van der Waals surface area contributed by atoms with Crippen LogP contribution in [0.3, 0.4) is 0 Å². The van der Waals surface area contributed by atoms with Gasteiger partial charge < -0.3 is 29.5 Å². The molecule has 1 aromatic carbocycles. The van der Waals surface area contributed by atoms with Crippen molar-refractivity contribution in [2.24, 2.45) is 0 Å². The number of hydrogen-bond acceptors (Lipinski definition) is 8. The van der Waals surface area contributed by atoms with E-state index < -0.39 is 17.6 Å². The lowest BCUT2D eigenvalue weighted by Gasteiger charge is -2.30. The minimum Gasteiger partial charge on any atom is -0.489 e. The zero-order chi connectivity index (χ0) is 26.0. The van der Waals surface area contributed by atoms with Gasteiger partial charge in [0.15, 0.2) is 5.60 Å². The fourth-order valence-electron chi connectivity index (χ4n) is 3.72. The van der Waals surface area contributed by atoms with Gasteiger partial charge in [-0.25, -0.2) is 0 Å². The quantitative estimate of drug-likeness (QED) is 0.521. The first-order valence-corrected chi connectivity index (χ1v) is 11.5. The van der Waals surface area contributed by atoms with Crippen LogP contribution in [0.25, 0.3) is 0 Å². The van der Waals surface area contributed by atoms with E-state index in [1.165, 1.54) is 17.2 Å². The molecule has 2 amide bonds. The van der Waals surface area contributed by atoms with E-state index in [2.05, 4.69) is 27.1 Å². The summed E-state index contributed by atoms with van der Waals surface area (Å²) in [5.74, 6) is 6.21. The molecule has 3 aromatic rings. The number of anilines is 1. The predicted octanol–water partition coefficient (Wildman–Crippen LogP) is 1.84. The molecule has 2 aliphatic heterocycles. The molecule has 2 aliphatic rings. The van der Waals surface area contributed by atoms with E-state index in [9.17, 15) is 14.7 Å². The molecule has 2 aromatic heterocycles. The van der Waals surface area contributed by atoms with Crippen molar-refractivity contribution in [3.05, 3.63) is 71.8 Å². The molecule has 10 nitrogen and oxygen atoms in total. The Morgan fingerprint density at radius 1 is 1.19 bits per heavy atom. The molecule has 1 atom stereocenters. The third kappa shape index (κ3) is 5.38. The Morgan fingerprint density at radius 3 is 2.76 bits per heavy atom. The highest BCUT2D eigenvalue weighted by Gasteiger charge is 2.34. The average molecular weight is 501 g/mol. The summed E-state index contributed by atoms with van der Waals surface area (Å²) in [4.78, 5) is 35.8. The van der Waals surface area contributed by atoms with Gasteiger partial charge in [0, 0.05) is 30.6 Å². The second kappa shape index (κ2) is 9.89. The zero-order valence-electron chi connectivity index (χ0n) is 20.2. The number of aromatic nitrogens is 2. The van der Waals surface area contributed by atoms with Gasteiger partial charge in [0.25, 0.3) is 11.8 Å². The number of likely N-dealkylation sites (N-methyl/N-ethyl adjacent to an activating group) is 1. The number of carbonyl (C=O) groups excluding carboxylic acids is 2. The highest BCUT2D eigenvalue weighted by atomic mass is 16.5. The summed E-state index contributed by atoms with van der Waals surface area (Å²) < 4.78 is 16.6. The van der Waals surface area contributed by atoms with Gasteiger partial charge in [0.1, 0.15) is 35.6 Å². The second-order valence-corrected chi connectivity index (χ2v) is 8.81. The standard InChI is InChI=1S/C27H24N4O6/c1-17-3-5-20(13-29-17)37-19-8-10-28-21(12-19)25(32)30-22-14-36-24-6-4-18(7-9-27(34)15-35-16-27)11-23(24)31(2)26(22)33/h3-6,8,10-13,22,34H,14-16H2,1-2H3,(H,30,32)/t22-/m1/s1.